The lowest BCUT2D eigenvalue weighted by atomic mass is 10.0. The van der Waals surface area contributed by atoms with Crippen LogP contribution in [0.1, 0.15) is 25.7 Å². The largest absolute Gasteiger partial charge is 0.451 e. The van der Waals surface area contributed by atoms with Gasteiger partial charge in [-0.05, 0) is 18.8 Å². The minimum Gasteiger partial charge on any atom is -0.451 e. The van der Waals surface area contributed by atoms with Crippen molar-refractivity contribution >= 4 is 10.0 Å². The van der Waals surface area contributed by atoms with Crippen LogP contribution in [0.25, 0.3) is 11.5 Å². The van der Waals surface area contributed by atoms with Gasteiger partial charge in [-0.15, -0.1) is 10.2 Å². The third kappa shape index (κ3) is 2.73. The Hall–Kier alpha value is -1.67. The van der Waals surface area contributed by atoms with Crippen molar-refractivity contribution in [1.29, 1.82) is 0 Å². The van der Waals surface area contributed by atoms with Crippen molar-refractivity contribution in [3.8, 4) is 11.5 Å². The van der Waals surface area contributed by atoms with Crippen LogP contribution in [0.4, 0.5) is 0 Å². The zero-order valence-electron chi connectivity index (χ0n) is 11.9. The summed E-state index contributed by atoms with van der Waals surface area (Å²) in [5, 5.41) is 7.49. The van der Waals surface area contributed by atoms with Crippen molar-refractivity contribution in [2.24, 2.45) is 5.92 Å². The number of nitrogens with zero attached hydrogens (tertiary/aromatic N) is 3. The predicted molar refractivity (Wildman–Crippen MR) is 73.9 cm³/mol. The first-order valence-electron chi connectivity index (χ1n) is 6.86. The summed E-state index contributed by atoms with van der Waals surface area (Å²) in [5.74, 6) is 1.03. The van der Waals surface area contributed by atoms with Gasteiger partial charge >= 0.3 is 0 Å². The van der Waals surface area contributed by atoms with Crippen molar-refractivity contribution < 1.29 is 17.3 Å². The summed E-state index contributed by atoms with van der Waals surface area (Å²) in [7, 11) is -3.60. The molecule has 3 heterocycles. The third-order valence-electron chi connectivity index (χ3n) is 3.56. The van der Waals surface area contributed by atoms with Crippen molar-refractivity contribution in [2.75, 3.05) is 13.1 Å². The van der Waals surface area contributed by atoms with Crippen LogP contribution >= 0.6 is 0 Å². The number of piperidine rings is 1. The van der Waals surface area contributed by atoms with Gasteiger partial charge in [0.2, 0.25) is 11.0 Å². The highest BCUT2D eigenvalue weighted by atomic mass is 32.2. The predicted octanol–water partition coefficient (Wildman–Crippen LogP) is 2.06. The van der Waals surface area contributed by atoms with Gasteiger partial charge in [-0.1, -0.05) is 6.92 Å². The quantitative estimate of drug-likeness (QED) is 0.862. The average molecular weight is 311 g/mol. The van der Waals surface area contributed by atoms with Crippen molar-refractivity contribution in [3.05, 3.63) is 18.2 Å². The summed E-state index contributed by atoms with van der Waals surface area (Å²) < 4.78 is 37.1. The molecule has 1 saturated heterocycles. The van der Waals surface area contributed by atoms with Crippen LogP contribution in [-0.4, -0.2) is 36.0 Å². The molecule has 0 amide bonds. The van der Waals surface area contributed by atoms with E-state index in [1.807, 2.05) is 0 Å². The number of furan rings is 1. The summed E-state index contributed by atoms with van der Waals surface area (Å²) in [6.45, 7) is 4.78. The van der Waals surface area contributed by atoms with Crippen LogP contribution in [0.2, 0.25) is 0 Å². The Bertz CT molecular complexity index is 734. The number of sulfonamides is 1. The topological polar surface area (TPSA) is 89.4 Å². The number of aryl methyl sites for hydroxylation is 1. The molecule has 1 aliphatic heterocycles. The fourth-order valence-electron chi connectivity index (χ4n) is 2.47. The maximum absolute atomic E-state index is 12.5. The van der Waals surface area contributed by atoms with E-state index in [0.717, 1.165) is 12.8 Å². The van der Waals surface area contributed by atoms with E-state index in [0.29, 0.717) is 30.5 Å². The molecular formula is C13H17N3O4S. The smallest absolute Gasteiger partial charge is 0.276 e. The SMILES string of the molecule is Cc1nnc(-c2coc(S(=O)(=O)N3CCC[C@@H](C)C3)c2)o1. The van der Waals surface area contributed by atoms with Crippen LogP contribution in [-0.2, 0) is 10.0 Å². The zero-order chi connectivity index (χ0) is 15.0. The second-order valence-electron chi connectivity index (χ2n) is 5.39. The van der Waals surface area contributed by atoms with Crippen LogP contribution in [0.5, 0.6) is 0 Å². The molecule has 114 valence electrons. The van der Waals surface area contributed by atoms with E-state index < -0.39 is 10.0 Å². The molecule has 1 atom stereocenters. The van der Waals surface area contributed by atoms with E-state index in [1.54, 1.807) is 6.92 Å². The second kappa shape index (κ2) is 5.27. The summed E-state index contributed by atoms with van der Waals surface area (Å²) >= 11 is 0. The molecule has 0 unspecified atom stereocenters. The van der Waals surface area contributed by atoms with E-state index in [-0.39, 0.29) is 11.0 Å². The molecule has 0 radical (unpaired) electrons. The lowest BCUT2D eigenvalue weighted by Crippen LogP contribution is -2.38. The molecular weight excluding hydrogens is 294 g/mol. The standard InChI is InChI=1S/C13H17N3O4S/c1-9-4-3-5-16(7-9)21(17,18)12-6-11(8-19-12)13-15-14-10(2)20-13/h6,8-9H,3-5,7H2,1-2H3/t9-/m1/s1. The molecule has 0 bridgehead atoms. The van der Waals surface area contributed by atoms with Crippen LogP contribution in [0, 0.1) is 12.8 Å². The first-order chi connectivity index (χ1) is 9.96. The first-order valence-corrected chi connectivity index (χ1v) is 8.30. The fourth-order valence-corrected chi connectivity index (χ4v) is 3.99. The Morgan fingerprint density at radius 1 is 1.38 bits per heavy atom. The Balaban J connectivity index is 1.88. The van der Waals surface area contributed by atoms with Gasteiger partial charge < -0.3 is 8.83 Å². The normalized spacial score (nSPS) is 20.8. The highest BCUT2D eigenvalue weighted by Crippen LogP contribution is 2.28. The summed E-state index contributed by atoms with van der Waals surface area (Å²) in [4.78, 5) is 0. The monoisotopic (exact) mass is 311 g/mol. The zero-order valence-corrected chi connectivity index (χ0v) is 12.8. The molecule has 21 heavy (non-hydrogen) atoms. The second-order valence-corrected chi connectivity index (χ2v) is 7.26. The maximum atomic E-state index is 12.5. The number of aromatic nitrogens is 2. The van der Waals surface area contributed by atoms with Gasteiger partial charge in [0.15, 0.2) is 0 Å². The highest BCUT2D eigenvalue weighted by Gasteiger charge is 2.31. The Labute approximate surface area is 123 Å². The molecule has 0 aromatic carbocycles. The van der Waals surface area contributed by atoms with E-state index in [2.05, 4.69) is 17.1 Å². The van der Waals surface area contributed by atoms with Crippen LogP contribution < -0.4 is 0 Å². The van der Waals surface area contributed by atoms with Crippen molar-refractivity contribution in [3.63, 3.8) is 0 Å². The molecule has 0 saturated carbocycles. The number of hydrogen-bond acceptors (Lipinski definition) is 6. The van der Waals surface area contributed by atoms with Crippen LogP contribution in [0.15, 0.2) is 26.3 Å². The average Bonchev–Trinajstić information content (AvgIpc) is 3.07. The molecule has 2 aromatic heterocycles. The van der Waals surface area contributed by atoms with E-state index in [4.69, 9.17) is 8.83 Å². The van der Waals surface area contributed by atoms with E-state index in [1.165, 1.54) is 16.6 Å². The molecule has 3 rings (SSSR count). The Morgan fingerprint density at radius 2 is 2.19 bits per heavy atom. The molecule has 1 fully saturated rings. The highest BCUT2D eigenvalue weighted by molar-refractivity contribution is 7.89. The summed E-state index contributed by atoms with van der Waals surface area (Å²) in [6.07, 6.45) is 3.25. The minimum atomic E-state index is -3.60. The third-order valence-corrected chi connectivity index (χ3v) is 5.30. The number of rotatable bonds is 3. The van der Waals surface area contributed by atoms with E-state index >= 15 is 0 Å². The van der Waals surface area contributed by atoms with Gasteiger partial charge in [-0.2, -0.15) is 4.31 Å². The van der Waals surface area contributed by atoms with Crippen LogP contribution in [0.3, 0.4) is 0 Å². The number of hydrogen-bond donors (Lipinski definition) is 0. The minimum absolute atomic E-state index is 0.0811. The Kier molecular flexibility index (Phi) is 3.58. The van der Waals surface area contributed by atoms with E-state index in [9.17, 15) is 8.42 Å². The van der Waals surface area contributed by atoms with Gasteiger partial charge in [-0.3, -0.25) is 0 Å². The molecule has 0 spiro atoms. The van der Waals surface area contributed by atoms with Crippen molar-refractivity contribution in [2.45, 2.75) is 31.8 Å². The Morgan fingerprint density at radius 3 is 2.86 bits per heavy atom. The van der Waals surface area contributed by atoms with Gasteiger partial charge in [-0.25, -0.2) is 8.42 Å². The molecule has 0 N–H and O–H groups in total. The molecule has 7 nitrogen and oxygen atoms in total. The lowest BCUT2D eigenvalue weighted by Gasteiger charge is -2.28. The fraction of sp³-hybridized carbons (Fsp3) is 0.538. The lowest BCUT2D eigenvalue weighted by molar-refractivity contribution is 0.274. The van der Waals surface area contributed by atoms with Gasteiger partial charge in [0, 0.05) is 26.1 Å². The molecule has 0 aliphatic carbocycles. The molecule has 2 aromatic rings. The molecule has 8 heteroatoms. The molecule has 1 aliphatic rings. The summed E-state index contributed by atoms with van der Waals surface area (Å²) in [5.41, 5.74) is 0.472. The van der Waals surface area contributed by atoms with Gasteiger partial charge in [0.05, 0.1) is 5.56 Å². The first kappa shape index (κ1) is 14.3. The van der Waals surface area contributed by atoms with Crippen molar-refractivity contribution in [1.82, 2.24) is 14.5 Å². The maximum Gasteiger partial charge on any atom is 0.276 e. The van der Waals surface area contributed by atoms with Gasteiger partial charge in [0.25, 0.3) is 15.9 Å². The van der Waals surface area contributed by atoms with Gasteiger partial charge in [0.1, 0.15) is 6.26 Å². The summed E-state index contributed by atoms with van der Waals surface area (Å²) in [6, 6.07) is 1.43.